The molecule has 0 unspecified atom stereocenters. The van der Waals surface area contributed by atoms with Gasteiger partial charge < -0.3 is 10.6 Å². The van der Waals surface area contributed by atoms with Gasteiger partial charge in [0.05, 0.1) is 23.3 Å². The van der Waals surface area contributed by atoms with Crippen molar-refractivity contribution >= 4 is 40.1 Å². The Kier molecular flexibility index (Phi) is 5.10. The third-order valence-corrected chi connectivity index (χ3v) is 4.16. The Balaban J connectivity index is 0.00000133. The molecule has 1 aromatic rings. The van der Waals surface area contributed by atoms with Crippen LogP contribution in [0.3, 0.4) is 0 Å². The Labute approximate surface area is 127 Å². The van der Waals surface area contributed by atoms with Gasteiger partial charge in [0.15, 0.2) is 5.96 Å². The van der Waals surface area contributed by atoms with Gasteiger partial charge in [-0.05, 0) is 28.8 Å². The van der Waals surface area contributed by atoms with Gasteiger partial charge in [-0.1, -0.05) is 19.3 Å². The van der Waals surface area contributed by atoms with Crippen LogP contribution < -0.4 is 10.6 Å². The summed E-state index contributed by atoms with van der Waals surface area (Å²) in [5.74, 6) is 1.88. The van der Waals surface area contributed by atoms with Crippen LogP contribution in [-0.2, 0) is 0 Å². The highest BCUT2D eigenvalue weighted by molar-refractivity contribution is 9.10. The van der Waals surface area contributed by atoms with E-state index < -0.39 is 0 Å². The second-order valence-corrected chi connectivity index (χ2v) is 5.71. The molecule has 1 aromatic heterocycles. The van der Waals surface area contributed by atoms with Crippen LogP contribution in [0.15, 0.2) is 15.7 Å². The van der Waals surface area contributed by atoms with Crippen LogP contribution in [0.25, 0.3) is 0 Å². The van der Waals surface area contributed by atoms with E-state index >= 15 is 0 Å². The molecule has 0 aromatic carbocycles. The summed E-state index contributed by atoms with van der Waals surface area (Å²) in [6.45, 7) is 1.76. The van der Waals surface area contributed by atoms with Gasteiger partial charge in [0.1, 0.15) is 5.82 Å². The number of nitrogens with one attached hydrogen (secondary N) is 2. The summed E-state index contributed by atoms with van der Waals surface area (Å²) in [7, 11) is 0. The second kappa shape index (κ2) is 6.61. The number of guanidine groups is 1. The minimum atomic E-state index is 0. The Morgan fingerprint density at radius 1 is 1.32 bits per heavy atom. The van der Waals surface area contributed by atoms with Gasteiger partial charge in [0, 0.05) is 6.54 Å². The topological polar surface area (TPSA) is 54.2 Å². The standard InChI is InChI=1S/C12H18BrN5.ClH/c13-10-8-16-18(9-4-2-1-3-5-9)11(10)17-12-14-6-7-15-12;/h8-9H,1-7H2,(H2,14,15,17);1H. The summed E-state index contributed by atoms with van der Waals surface area (Å²) in [6.07, 6.45) is 8.29. The molecule has 1 aliphatic carbocycles. The largest absolute Gasteiger partial charge is 0.354 e. The highest BCUT2D eigenvalue weighted by Gasteiger charge is 2.21. The molecule has 1 saturated carbocycles. The zero-order chi connectivity index (χ0) is 12.4. The summed E-state index contributed by atoms with van der Waals surface area (Å²) in [5, 5.41) is 11.1. The molecule has 0 atom stereocenters. The number of halogens is 2. The molecule has 1 aliphatic heterocycles. The molecule has 5 nitrogen and oxygen atoms in total. The number of aromatic nitrogens is 2. The van der Waals surface area contributed by atoms with E-state index in [1.807, 2.05) is 6.20 Å². The third-order valence-electron chi connectivity index (χ3n) is 3.58. The smallest absolute Gasteiger partial charge is 0.197 e. The van der Waals surface area contributed by atoms with Crippen molar-refractivity contribution in [2.24, 2.45) is 4.99 Å². The Hall–Kier alpha value is -0.750. The highest BCUT2D eigenvalue weighted by Crippen LogP contribution is 2.33. The van der Waals surface area contributed by atoms with Gasteiger partial charge in [-0.15, -0.1) is 12.4 Å². The first-order chi connectivity index (χ1) is 8.84. The lowest BCUT2D eigenvalue weighted by atomic mass is 9.96. The maximum Gasteiger partial charge on any atom is 0.197 e. The van der Waals surface area contributed by atoms with Crippen molar-refractivity contribution < 1.29 is 0 Å². The monoisotopic (exact) mass is 347 g/mol. The van der Waals surface area contributed by atoms with E-state index in [4.69, 9.17) is 0 Å². The minimum absolute atomic E-state index is 0. The highest BCUT2D eigenvalue weighted by atomic mass is 79.9. The van der Waals surface area contributed by atoms with Crippen molar-refractivity contribution in [3.8, 4) is 0 Å². The summed E-state index contributed by atoms with van der Waals surface area (Å²) < 4.78 is 3.12. The van der Waals surface area contributed by atoms with E-state index in [0.717, 1.165) is 29.3 Å². The first-order valence-electron chi connectivity index (χ1n) is 6.63. The molecule has 0 spiro atoms. The zero-order valence-corrected chi connectivity index (χ0v) is 13.1. The molecule has 3 rings (SSSR count). The van der Waals surface area contributed by atoms with Crippen molar-refractivity contribution in [2.45, 2.75) is 38.1 Å². The number of anilines is 1. The van der Waals surface area contributed by atoms with E-state index in [1.165, 1.54) is 32.1 Å². The lowest BCUT2D eigenvalue weighted by molar-refractivity contribution is 0.333. The number of aliphatic imine (C=N–C) groups is 1. The van der Waals surface area contributed by atoms with Crippen LogP contribution in [0.5, 0.6) is 0 Å². The van der Waals surface area contributed by atoms with Crippen LogP contribution in [0.2, 0.25) is 0 Å². The van der Waals surface area contributed by atoms with Crippen molar-refractivity contribution in [1.29, 1.82) is 0 Å². The van der Waals surface area contributed by atoms with Crippen LogP contribution in [0.1, 0.15) is 38.1 Å². The van der Waals surface area contributed by atoms with Crippen LogP contribution in [-0.4, -0.2) is 28.8 Å². The van der Waals surface area contributed by atoms with Crippen molar-refractivity contribution in [3.63, 3.8) is 0 Å². The molecule has 7 heteroatoms. The van der Waals surface area contributed by atoms with E-state index in [0.29, 0.717) is 6.04 Å². The minimum Gasteiger partial charge on any atom is -0.354 e. The van der Waals surface area contributed by atoms with Gasteiger partial charge >= 0.3 is 0 Å². The Morgan fingerprint density at radius 2 is 2.11 bits per heavy atom. The number of rotatable bonds is 2. The average molecular weight is 349 g/mol. The second-order valence-electron chi connectivity index (χ2n) is 4.86. The number of nitrogens with zero attached hydrogens (tertiary/aromatic N) is 3. The quantitative estimate of drug-likeness (QED) is 0.864. The average Bonchev–Trinajstić information content (AvgIpc) is 3.03. The third kappa shape index (κ3) is 3.23. The van der Waals surface area contributed by atoms with Gasteiger partial charge in [0.25, 0.3) is 0 Å². The number of hydrogen-bond donors (Lipinski definition) is 2. The molecular weight excluding hydrogens is 330 g/mol. The zero-order valence-electron chi connectivity index (χ0n) is 10.7. The maximum absolute atomic E-state index is 4.51. The lowest BCUT2D eigenvalue weighted by Gasteiger charge is -2.24. The predicted octanol–water partition coefficient (Wildman–Crippen LogP) is 2.94. The maximum atomic E-state index is 4.51. The van der Waals surface area contributed by atoms with E-state index in [9.17, 15) is 0 Å². The lowest BCUT2D eigenvalue weighted by Crippen LogP contribution is -2.28. The van der Waals surface area contributed by atoms with Gasteiger partial charge in [0.2, 0.25) is 0 Å². The number of hydrogen-bond acceptors (Lipinski definition) is 4. The van der Waals surface area contributed by atoms with Crippen molar-refractivity contribution in [2.75, 3.05) is 18.4 Å². The first-order valence-corrected chi connectivity index (χ1v) is 7.42. The molecular formula is C12H19BrClN5. The summed E-state index contributed by atoms with van der Waals surface area (Å²) in [5.41, 5.74) is 0. The molecule has 0 amide bonds. The van der Waals surface area contributed by atoms with Crippen molar-refractivity contribution in [1.82, 2.24) is 15.1 Å². The summed E-state index contributed by atoms with van der Waals surface area (Å²) >= 11 is 3.56. The normalized spacial score (nSPS) is 19.5. The Morgan fingerprint density at radius 3 is 2.79 bits per heavy atom. The molecule has 19 heavy (non-hydrogen) atoms. The molecule has 2 aliphatic rings. The Bertz CT molecular complexity index is 453. The first kappa shape index (κ1) is 14.7. The van der Waals surface area contributed by atoms with Crippen molar-refractivity contribution in [3.05, 3.63) is 10.7 Å². The van der Waals surface area contributed by atoms with Crippen LogP contribution >= 0.6 is 28.3 Å². The molecule has 106 valence electrons. The molecule has 1 fully saturated rings. The summed E-state index contributed by atoms with van der Waals surface area (Å²) in [4.78, 5) is 4.37. The van der Waals surface area contributed by atoms with Gasteiger partial charge in [-0.3, -0.25) is 4.99 Å². The molecule has 2 heterocycles. The molecule has 0 bridgehead atoms. The van der Waals surface area contributed by atoms with Crippen LogP contribution in [0, 0.1) is 0 Å². The fourth-order valence-corrected chi connectivity index (χ4v) is 3.03. The van der Waals surface area contributed by atoms with E-state index in [-0.39, 0.29) is 12.4 Å². The van der Waals surface area contributed by atoms with Crippen LogP contribution in [0.4, 0.5) is 5.82 Å². The molecule has 0 radical (unpaired) electrons. The molecule has 2 N–H and O–H groups in total. The molecule has 0 saturated heterocycles. The van der Waals surface area contributed by atoms with Gasteiger partial charge in [-0.25, -0.2) is 4.68 Å². The fourth-order valence-electron chi connectivity index (χ4n) is 2.65. The fraction of sp³-hybridized carbons (Fsp3) is 0.667. The predicted molar refractivity (Wildman–Crippen MR) is 83.2 cm³/mol. The SMILES string of the molecule is Brc1cnn(C2CCCCC2)c1NC1=NCCN1.Cl. The van der Waals surface area contributed by atoms with E-state index in [2.05, 4.69) is 41.3 Å². The van der Waals surface area contributed by atoms with Gasteiger partial charge in [-0.2, -0.15) is 5.10 Å². The summed E-state index contributed by atoms with van der Waals surface area (Å²) in [6, 6.07) is 0.523. The van der Waals surface area contributed by atoms with E-state index in [1.54, 1.807) is 0 Å².